The zero-order valence-corrected chi connectivity index (χ0v) is 6.40. The van der Waals surface area contributed by atoms with Gasteiger partial charge in [-0.15, -0.1) is 0 Å². The van der Waals surface area contributed by atoms with Crippen LogP contribution in [0.5, 0.6) is 0 Å². The molecule has 0 aromatic heterocycles. The standard InChI is InChI=1S/C8H16N2/c1-2-7(6-9-4-1)8-3-5-10-8/h7-10H,1-6H2. The maximum atomic E-state index is 3.48. The summed E-state index contributed by atoms with van der Waals surface area (Å²) in [6.45, 7) is 3.74. The number of hydrogen-bond donors (Lipinski definition) is 2. The van der Waals surface area contributed by atoms with Crippen molar-refractivity contribution in [3.63, 3.8) is 0 Å². The Bertz CT molecular complexity index is 104. The van der Waals surface area contributed by atoms with E-state index in [1.54, 1.807) is 0 Å². The Morgan fingerprint density at radius 2 is 2.00 bits per heavy atom. The van der Waals surface area contributed by atoms with Crippen LogP contribution in [0.4, 0.5) is 0 Å². The fourth-order valence-electron chi connectivity index (χ4n) is 1.94. The Morgan fingerprint density at radius 1 is 1.10 bits per heavy atom. The molecule has 0 spiro atoms. The first kappa shape index (κ1) is 6.62. The third-order valence-corrected chi connectivity index (χ3v) is 2.77. The molecule has 0 aliphatic carbocycles. The molecule has 2 heteroatoms. The van der Waals surface area contributed by atoms with Gasteiger partial charge in [0.25, 0.3) is 0 Å². The van der Waals surface area contributed by atoms with Crippen LogP contribution in [0.25, 0.3) is 0 Å². The van der Waals surface area contributed by atoms with Crippen molar-refractivity contribution in [2.75, 3.05) is 19.6 Å². The molecule has 0 saturated carbocycles. The van der Waals surface area contributed by atoms with E-state index in [0.717, 1.165) is 12.0 Å². The van der Waals surface area contributed by atoms with Crippen LogP contribution in [-0.2, 0) is 0 Å². The van der Waals surface area contributed by atoms with E-state index in [9.17, 15) is 0 Å². The molecule has 2 fully saturated rings. The van der Waals surface area contributed by atoms with E-state index in [1.807, 2.05) is 0 Å². The zero-order valence-electron chi connectivity index (χ0n) is 6.40. The Hall–Kier alpha value is -0.0800. The van der Waals surface area contributed by atoms with Crippen molar-refractivity contribution in [1.82, 2.24) is 10.6 Å². The lowest BCUT2D eigenvalue weighted by Gasteiger charge is -2.37. The smallest absolute Gasteiger partial charge is 0.0119 e. The first-order valence-corrected chi connectivity index (χ1v) is 4.41. The van der Waals surface area contributed by atoms with Gasteiger partial charge in [-0.2, -0.15) is 0 Å². The molecule has 58 valence electrons. The van der Waals surface area contributed by atoms with Gasteiger partial charge < -0.3 is 10.6 Å². The van der Waals surface area contributed by atoms with Gasteiger partial charge in [-0.3, -0.25) is 0 Å². The number of rotatable bonds is 1. The molecule has 2 rings (SSSR count). The van der Waals surface area contributed by atoms with Gasteiger partial charge in [0.1, 0.15) is 0 Å². The van der Waals surface area contributed by atoms with Gasteiger partial charge in [0.15, 0.2) is 0 Å². The van der Waals surface area contributed by atoms with Gasteiger partial charge in [-0.05, 0) is 44.8 Å². The lowest BCUT2D eigenvalue weighted by Crippen LogP contribution is -2.52. The minimum atomic E-state index is 0.854. The van der Waals surface area contributed by atoms with Crippen molar-refractivity contribution in [2.45, 2.75) is 25.3 Å². The molecule has 2 aliphatic heterocycles. The molecule has 2 heterocycles. The molecule has 2 N–H and O–H groups in total. The molecule has 2 atom stereocenters. The quantitative estimate of drug-likeness (QED) is 0.549. The topological polar surface area (TPSA) is 24.1 Å². The normalized spacial score (nSPS) is 40.8. The first-order chi connectivity index (χ1) is 4.97. The molecule has 2 unspecified atom stereocenters. The van der Waals surface area contributed by atoms with Gasteiger partial charge in [0, 0.05) is 6.04 Å². The van der Waals surface area contributed by atoms with Gasteiger partial charge in [-0.25, -0.2) is 0 Å². The third kappa shape index (κ3) is 1.18. The second-order valence-electron chi connectivity index (χ2n) is 3.46. The SMILES string of the molecule is C1CNCC(C2CCN2)C1. The highest BCUT2D eigenvalue weighted by molar-refractivity contribution is 4.87. The van der Waals surface area contributed by atoms with E-state index in [1.165, 1.54) is 38.9 Å². The summed E-state index contributed by atoms with van der Waals surface area (Å²) in [4.78, 5) is 0. The van der Waals surface area contributed by atoms with Gasteiger partial charge in [-0.1, -0.05) is 0 Å². The monoisotopic (exact) mass is 140 g/mol. The van der Waals surface area contributed by atoms with Crippen molar-refractivity contribution >= 4 is 0 Å². The van der Waals surface area contributed by atoms with E-state index < -0.39 is 0 Å². The zero-order chi connectivity index (χ0) is 6.81. The highest BCUT2D eigenvalue weighted by Gasteiger charge is 2.27. The summed E-state index contributed by atoms with van der Waals surface area (Å²) in [6.07, 6.45) is 4.22. The van der Waals surface area contributed by atoms with E-state index in [4.69, 9.17) is 0 Å². The Balaban J connectivity index is 1.78. The molecule has 2 aliphatic rings. The van der Waals surface area contributed by atoms with Crippen LogP contribution in [-0.4, -0.2) is 25.7 Å². The van der Waals surface area contributed by atoms with Crippen LogP contribution in [0.3, 0.4) is 0 Å². The fraction of sp³-hybridized carbons (Fsp3) is 1.00. The number of piperidine rings is 1. The summed E-state index contributed by atoms with van der Waals surface area (Å²) in [5, 5.41) is 6.92. The average Bonchev–Trinajstić information content (AvgIpc) is 1.86. The Kier molecular flexibility index (Phi) is 1.91. The van der Waals surface area contributed by atoms with Crippen molar-refractivity contribution in [1.29, 1.82) is 0 Å². The minimum absolute atomic E-state index is 0.854. The van der Waals surface area contributed by atoms with Crippen molar-refractivity contribution in [2.24, 2.45) is 5.92 Å². The third-order valence-electron chi connectivity index (χ3n) is 2.77. The highest BCUT2D eigenvalue weighted by Crippen LogP contribution is 2.20. The maximum absolute atomic E-state index is 3.48. The van der Waals surface area contributed by atoms with Crippen LogP contribution in [0, 0.1) is 5.92 Å². The van der Waals surface area contributed by atoms with Crippen LogP contribution in [0.15, 0.2) is 0 Å². The van der Waals surface area contributed by atoms with Crippen LogP contribution < -0.4 is 10.6 Å². The first-order valence-electron chi connectivity index (χ1n) is 4.41. The molecule has 0 bridgehead atoms. The summed E-state index contributed by atoms with van der Waals surface area (Å²) in [6, 6.07) is 0.854. The molecule has 2 saturated heterocycles. The number of nitrogens with one attached hydrogen (secondary N) is 2. The van der Waals surface area contributed by atoms with Crippen LogP contribution in [0.1, 0.15) is 19.3 Å². The lowest BCUT2D eigenvalue weighted by molar-refractivity contribution is 0.219. The summed E-state index contributed by atoms with van der Waals surface area (Å²) in [5.41, 5.74) is 0. The van der Waals surface area contributed by atoms with E-state index in [2.05, 4.69) is 10.6 Å². The second-order valence-corrected chi connectivity index (χ2v) is 3.46. The van der Waals surface area contributed by atoms with Crippen molar-refractivity contribution in [3.05, 3.63) is 0 Å². The molecule has 0 radical (unpaired) electrons. The fourth-order valence-corrected chi connectivity index (χ4v) is 1.94. The molecule has 2 nitrogen and oxygen atoms in total. The predicted molar refractivity (Wildman–Crippen MR) is 42.0 cm³/mol. The van der Waals surface area contributed by atoms with Gasteiger partial charge in [0.2, 0.25) is 0 Å². The summed E-state index contributed by atoms with van der Waals surface area (Å²) in [5.74, 6) is 0.933. The average molecular weight is 140 g/mol. The summed E-state index contributed by atoms with van der Waals surface area (Å²) < 4.78 is 0. The molecule has 0 amide bonds. The van der Waals surface area contributed by atoms with Crippen molar-refractivity contribution < 1.29 is 0 Å². The Morgan fingerprint density at radius 3 is 2.50 bits per heavy atom. The number of hydrogen-bond acceptors (Lipinski definition) is 2. The maximum Gasteiger partial charge on any atom is 0.0119 e. The van der Waals surface area contributed by atoms with Crippen LogP contribution in [0.2, 0.25) is 0 Å². The van der Waals surface area contributed by atoms with E-state index in [-0.39, 0.29) is 0 Å². The largest absolute Gasteiger partial charge is 0.316 e. The molecular formula is C8H16N2. The molecule has 0 aromatic carbocycles. The highest BCUT2D eigenvalue weighted by atomic mass is 15.0. The minimum Gasteiger partial charge on any atom is -0.316 e. The van der Waals surface area contributed by atoms with Crippen molar-refractivity contribution in [3.8, 4) is 0 Å². The van der Waals surface area contributed by atoms with E-state index >= 15 is 0 Å². The molecule has 10 heavy (non-hydrogen) atoms. The summed E-state index contributed by atoms with van der Waals surface area (Å²) in [7, 11) is 0. The van der Waals surface area contributed by atoms with E-state index in [0.29, 0.717) is 0 Å². The summed E-state index contributed by atoms with van der Waals surface area (Å²) >= 11 is 0. The van der Waals surface area contributed by atoms with Crippen LogP contribution >= 0.6 is 0 Å². The molecule has 0 aromatic rings. The Labute approximate surface area is 62.4 Å². The lowest BCUT2D eigenvalue weighted by atomic mass is 9.86. The predicted octanol–water partition coefficient (Wildman–Crippen LogP) is 0.348. The van der Waals surface area contributed by atoms with Gasteiger partial charge >= 0.3 is 0 Å². The molecular weight excluding hydrogens is 124 g/mol. The van der Waals surface area contributed by atoms with Gasteiger partial charge in [0.05, 0.1) is 0 Å². The second kappa shape index (κ2) is 2.89.